The van der Waals surface area contributed by atoms with Gasteiger partial charge in [0.25, 0.3) is 5.91 Å². The first-order valence-electron chi connectivity index (χ1n) is 13.0. The number of fused-ring (bicyclic) bond motifs is 1. The van der Waals surface area contributed by atoms with Gasteiger partial charge in [0.1, 0.15) is 6.04 Å². The molecule has 1 aromatic heterocycles. The molecule has 198 valence electrons. The molecule has 1 aliphatic rings. The normalized spacial score (nSPS) is 12.7. The summed E-state index contributed by atoms with van der Waals surface area (Å²) in [7, 11) is 0. The highest BCUT2D eigenvalue weighted by molar-refractivity contribution is 5.98. The molecule has 39 heavy (non-hydrogen) atoms. The number of anilines is 1. The molecule has 1 unspecified atom stereocenters. The van der Waals surface area contributed by atoms with Crippen LogP contribution in [0.3, 0.4) is 0 Å². The van der Waals surface area contributed by atoms with Gasteiger partial charge in [-0.1, -0.05) is 74.5 Å². The maximum absolute atomic E-state index is 14.0. The van der Waals surface area contributed by atoms with E-state index >= 15 is 0 Å². The number of nitrogens with zero attached hydrogens (tertiary/aromatic N) is 2. The molecule has 2 heterocycles. The standard InChI is InChI=1S/C32H31N3O4/c1-22(2)25-10-12-26(13-11-25)31(32(37)34-27-14-15-28-29(18-27)39-21-38-28)35(20-24-9-6-16-33-19-24)30(36)17-23-7-4-3-5-8-23/h3-16,18-19,22,31H,17,20-21H2,1-2H3,(H,34,37). The van der Waals surface area contributed by atoms with E-state index in [1.165, 1.54) is 0 Å². The van der Waals surface area contributed by atoms with Crippen molar-refractivity contribution in [2.75, 3.05) is 12.1 Å². The van der Waals surface area contributed by atoms with Crippen molar-refractivity contribution in [1.82, 2.24) is 9.88 Å². The number of amides is 2. The van der Waals surface area contributed by atoms with Crippen LogP contribution in [0.25, 0.3) is 0 Å². The quantitative estimate of drug-likeness (QED) is 0.297. The molecule has 4 aromatic rings. The second-order valence-corrected chi connectivity index (χ2v) is 9.83. The molecule has 1 atom stereocenters. The summed E-state index contributed by atoms with van der Waals surface area (Å²) in [6.07, 6.45) is 3.57. The van der Waals surface area contributed by atoms with Gasteiger partial charge < -0.3 is 19.7 Å². The third-order valence-corrected chi connectivity index (χ3v) is 6.71. The number of carbonyl (C=O) groups excluding carboxylic acids is 2. The summed E-state index contributed by atoms with van der Waals surface area (Å²) in [6.45, 7) is 4.61. The Morgan fingerprint density at radius 2 is 1.59 bits per heavy atom. The van der Waals surface area contributed by atoms with Crippen LogP contribution in [-0.2, 0) is 22.6 Å². The summed E-state index contributed by atoms with van der Waals surface area (Å²) in [5, 5.41) is 3.01. The minimum Gasteiger partial charge on any atom is -0.454 e. The Bertz CT molecular complexity index is 1420. The van der Waals surface area contributed by atoms with Gasteiger partial charge in [-0.25, -0.2) is 0 Å². The van der Waals surface area contributed by atoms with Crippen molar-refractivity contribution in [3.63, 3.8) is 0 Å². The summed E-state index contributed by atoms with van der Waals surface area (Å²) in [4.78, 5) is 33.8. The van der Waals surface area contributed by atoms with E-state index in [-0.39, 0.29) is 31.6 Å². The van der Waals surface area contributed by atoms with Gasteiger partial charge in [-0.3, -0.25) is 14.6 Å². The third kappa shape index (κ3) is 6.26. The van der Waals surface area contributed by atoms with Crippen molar-refractivity contribution in [2.45, 2.75) is 38.8 Å². The number of nitrogens with one attached hydrogen (secondary N) is 1. The number of benzene rings is 3. The van der Waals surface area contributed by atoms with Crippen molar-refractivity contribution in [3.8, 4) is 11.5 Å². The lowest BCUT2D eigenvalue weighted by atomic mass is 9.97. The Kier molecular flexibility index (Phi) is 7.87. The topological polar surface area (TPSA) is 80.8 Å². The van der Waals surface area contributed by atoms with Gasteiger partial charge in [-0.2, -0.15) is 0 Å². The van der Waals surface area contributed by atoms with Crippen molar-refractivity contribution < 1.29 is 19.1 Å². The molecule has 0 saturated heterocycles. The van der Waals surface area contributed by atoms with Crippen LogP contribution < -0.4 is 14.8 Å². The van der Waals surface area contributed by atoms with Crippen molar-refractivity contribution >= 4 is 17.5 Å². The Morgan fingerprint density at radius 3 is 2.31 bits per heavy atom. The molecule has 0 saturated carbocycles. The Morgan fingerprint density at radius 1 is 0.872 bits per heavy atom. The summed E-state index contributed by atoms with van der Waals surface area (Å²) >= 11 is 0. The molecule has 1 N–H and O–H groups in total. The fraction of sp³-hybridized carbons (Fsp3) is 0.219. The van der Waals surface area contributed by atoms with E-state index < -0.39 is 6.04 Å². The van der Waals surface area contributed by atoms with Crippen molar-refractivity contribution in [3.05, 3.63) is 120 Å². The molecule has 0 spiro atoms. The molecule has 0 bridgehead atoms. The highest BCUT2D eigenvalue weighted by atomic mass is 16.7. The summed E-state index contributed by atoms with van der Waals surface area (Å²) in [6, 6.07) is 25.6. The van der Waals surface area contributed by atoms with Crippen LogP contribution >= 0.6 is 0 Å². The number of aromatic nitrogens is 1. The molecule has 3 aromatic carbocycles. The van der Waals surface area contributed by atoms with E-state index in [1.54, 1.807) is 35.5 Å². The first-order chi connectivity index (χ1) is 19.0. The van der Waals surface area contributed by atoms with E-state index in [1.807, 2.05) is 66.7 Å². The SMILES string of the molecule is CC(C)c1ccc(C(C(=O)Nc2ccc3c(c2)OCO3)N(Cc2cccnc2)C(=O)Cc2ccccc2)cc1. The van der Waals surface area contributed by atoms with Crippen LogP contribution in [0.5, 0.6) is 11.5 Å². The number of ether oxygens (including phenoxy) is 2. The molecule has 2 amide bonds. The predicted octanol–water partition coefficient (Wildman–Crippen LogP) is 5.89. The number of carbonyl (C=O) groups is 2. The lowest BCUT2D eigenvalue weighted by molar-refractivity contribution is -0.139. The highest BCUT2D eigenvalue weighted by Gasteiger charge is 2.32. The van der Waals surface area contributed by atoms with E-state index in [0.717, 1.165) is 22.3 Å². The highest BCUT2D eigenvalue weighted by Crippen LogP contribution is 2.35. The number of pyridine rings is 1. The Labute approximate surface area is 228 Å². The maximum atomic E-state index is 14.0. The van der Waals surface area contributed by atoms with Crippen LogP contribution in [0, 0.1) is 0 Å². The van der Waals surface area contributed by atoms with Crippen molar-refractivity contribution in [1.29, 1.82) is 0 Å². The van der Waals surface area contributed by atoms with E-state index in [0.29, 0.717) is 23.1 Å². The smallest absolute Gasteiger partial charge is 0.251 e. The molecule has 7 heteroatoms. The number of rotatable bonds is 9. The van der Waals surface area contributed by atoms with Crippen molar-refractivity contribution in [2.24, 2.45) is 0 Å². The van der Waals surface area contributed by atoms with E-state index in [4.69, 9.17) is 9.47 Å². The lowest BCUT2D eigenvalue weighted by Gasteiger charge is -2.32. The zero-order valence-corrected chi connectivity index (χ0v) is 22.0. The Balaban J connectivity index is 1.52. The lowest BCUT2D eigenvalue weighted by Crippen LogP contribution is -2.41. The molecule has 0 radical (unpaired) electrons. The van der Waals surface area contributed by atoms with E-state index in [9.17, 15) is 9.59 Å². The zero-order chi connectivity index (χ0) is 27.2. The summed E-state index contributed by atoms with van der Waals surface area (Å²) < 4.78 is 10.9. The van der Waals surface area contributed by atoms with Gasteiger partial charge in [-0.05, 0) is 46.4 Å². The number of hydrogen-bond acceptors (Lipinski definition) is 5. The molecule has 0 fully saturated rings. The fourth-order valence-electron chi connectivity index (χ4n) is 4.60. The average molecular weight is 522 g/mol. The first kappa shape index (κ1) is 26.0. The largest absolute Gasteiger partial charge is 0.454 e. The predicted molar refractivity (Wildman–Crippen MR) is 149 cm³/mol. The second kappa shape index (κ2) is 11.8. The van der Waals surface area contributed by atoms with Gasteiger partial charge in [0.05, 0.1) is 6.42 Å². The molecule has 0 aliphatic carbocycles. The Hall–Kier alpha value is -4.65. The van der Waals surface area contributed by atoms with Gasteiger partial charge in [0.15, 0.2) is 11.5 Å². The third-order valence-electron chi connectivity index (χ3n) is 6.71. The van der Waals surface area contributed by atoms with Crippen LogP contribution in [-0.4, -0.2) is 28.5 Å². The molecular formula is C32H31N3O4. The van der Waals surface area contributed by atoms with Gasteiger partial charge in [-0.15, -0.1) is 0 Å². The minimum atomic E-state index is -0.881. The minimum absolute atomic E-state index is 0.143. The zero-order valence-electron chi connectivity index (χ0n) is 22.0. The van der Waals surface area contributed by atoms with Gasteiger partial charge >= 0.3 is 0 Å². The number of hydrogen-bond donors (Lipinski definition) is 1. The van der Waals surface area contributed by atoms with Crippen LogP contribution in [0.4, 0.5) is 5.69 Å². The van der Waals surface area contributed by atoms with Crippen LogP contribution in [0.1, 0.15) is 48.1 Å². The van der Waals surface area contributed by atoms with E-state index in [2.05, 4.69) is 24.1 Å². The molecule has 5 rings (SSSR count). The molecule has 7 nitrogen and oxygen atoms in total. The molecular weight excluding hydrogens is 490 g/mol. The average Bonchev–Trinajstić information content (AvgIpc) is 3.42. The maximum Gasteiger partial charge on any atom is 0.251 e. The van der Waals surface area contributed by atoms with Crippen LogP contribution in [0.15, 0.2) is 97.3 Å². The van der Waals surface area contributed by atoms with Gasteiger partial charge in [0, 0.05) is 30.7 Å². The second-order valence-electron chi connectivity index (χ2n) is 9.83. The van der Waals surface area contributed by atoms with Gasteiger partial charge in [0.2, 0.25) is 12.7 Å². The van der Waals surface area contributed by atoms with Crippen LogP contribution in [0.2, 0.25) is 0 Å². The first-order valence-corrected chi connectivity index (χ1v) is 13.0. The molecule has 1 aliphatic heterocycles. The fourth-order valence-corrected chi connectivity index (χ4v) is 4.60. The summed E-state index contributed by atoms with van der Waals surface area (Å²) in [5.41, 5.74) is 4.15. The summed E-state index contributed by atoms with van der Waals surface area (Å²) in [5.74, 6) is 1.05. The monoisotopic (exact) mass is 521 g/mol.